The highest BCUT2D eigenvalue weighted by Crippen LogP contribution is 2.22. The molecule has 1 fully saturated rings. The first-order valence-electron chi connectivity index (χ1n) is 3.71. The van der Waals surface area contributed by atoms with Gasteiger partial charge in [-0.15, -0.1) is 12.4 Å². The van der Waals surface area contributed by atoms with Crippen LogP contribution in [0, 0.1) is 5.92 Å². The molecule has 2 nitrogen and oxygen atoms in total. The predicted molar refractivity (Wildman–Crippen MR) is 44.3 cm³/mol. The van der Waals surface area contributed by atoms with Gasteiger partial charge in [0.2, 0.25) is 0 Å². The van der Waals surface area contributed by atoms with Gasteiger partial charge in [-0.25, -0.2) is 0 Å². The maximum absolute atomic E-state index is 9.08. The molecule has 0 atom stereocenters. The van der Waals surface area contributed by atoms with Gasteiger partial charge in [0.15, 0.2) is 0 Å². The zero-order valence-corrected chi connectivity index (χ0v) is 6.94. The second kappa shape index (κ2) is 4.94. The lowest BCUT2D eigenvalue weighted by molar-refractivity contribution is 0.110. The fourth-order valence-electron chi connectivity index (χ4n) is 1.38. The van der Waals surface area contributed by atoms with Crippen LogP contribution < -0.4 is 5.73 Å². The molecule has 0 aromatic carbocycles. The molecule has 3 heteroatoms. The lowest BCUT2D eigenvalue weighted by Gasteiger charge is -2.23. The van der Waals surface area contributed by atoms with Crippen molar-refractivity contribution < 1.29 is 5.11 Å². The van der Waals surface area contributed by atoms with Gasteiger partial charge in [0.25, 0.3) is 0 Å². The van der Waals surface area contributed by atoms with E-state index in [1.807, 2.05) is 0 Å². The van der Waals surface area contributed by atoms with Gasteiger partial charge in [-0.3, -0.25) is 0 Å². The molecule has 0 radical (unpaired) electrons. The van der Waals surface area contributed by atoms with E-state index in [1.165, 1.54) is 0 Å². The van der Waals surface area contributed by atoms with E-state index in [1.54, 1.807) is 0 Å². The van der Waals surface area contributed by atoms with Gasteiger partial charge in [-0.1, -0.05) is 0 Å². The number of nitrogens with two attached hydrogens (primary N) is 1. The molecule has 0 spiro atoms. The maximum Gasteiger partial charge on any atom is 0.0540 e. The SMILES string of the molecule is Cl.NCC1CCC(O)CC1. The molecule has 1 aliphatic carbocycles. The summed E-state index contributed by atoms with van der Waals surface area (Å²) in [6.07, 6.45) is 4.13. The van der Waals surface area contributed by atoms with Crippen LogP contribution in [0.1, 0.15) is 25.7 Å². The maximum atomic E-state index is 9.08. The third-order valence-electron chi connectivity index (χ3n) is 2.15. The Kier molecular flexibility index (Phi) is 5.04. The van der Waals surface area contributed by atoms with Crippen molar-refractivity contribution in [2.24, 2.45) is 11.7 Å². The van der Waals surface area contributed by atoms with Crippen molar-refractivity contribution in [2.75, 3.05) is 6.54 Å². The number of rotatable bonds is 1. The topological polar surface area (TPSA) is 46.2 Å². The zero-order valence-electron chi connectivity index (χ0n) is 6.12. The third-order valence-corrected chi connectivity index (χ3v) is 2.15. The minimum Gasteiger partial charge on any atom is -0.393 e. The van der Waals surface area contributed by atoms with Crippen LogP contribution in [0.15, 0.2) is 0 Å². The summed E-state index contributed by atoms with van der Waals surface area (Å²) >= 11 is 0. The molecule has 0 bridgehead atoms. The van der Waals surface area contributed by atoms with Crippen molar-refractivity contribution >= 4 is 12.4 Å². The molecule has 0 heterocycles. The molecule has 0 saturated heterocycles. The Labute approximate surface area is 68.2 Å². The molecule has 1 aliphatic rings. The molecular formula is C7H16ClNO. The van der Waals surface area contributed by atoms with Gasteiger partial charge >= 0.3 is 0 Å². The van der Waals surface area contributed by atoms with E-state index in [9.17, 15) is 0 Å². The molecular weight excluding hydrogens is 150 g/mol. The molecule has 0 unspecified atom stereocenters. The van der Waals surface area contributed by atoms with E-state index in [4.69, 9.17) is 10.8 Å². The number of halogens is 1. The van der Waals surface area contributed by atoms with Crippen LogP contribution in [0.2, 0.25) is 0 Å². The van der Waals surface area contributed by atoms with E-state index in [0.29, 0.717) is 5.92 Å². The Morgan fingerprint density at radius 3 is 2.10 bits per heavy atom. The first-order chi connectivity index (χ1) is 4.33. The smallest absolute Gasteiger partial charge is 0.0540 e. The highest BCUT2D eigenvalue weighted by atomic mass is 35.5. The molecule has 0 aromatic heterocycles. The van der Waals surface area contributed by atoms with Gasteiger partial charge in [-0.05, 0) is 38.1 Å². The predicted octanol–water partition coefficient (Wildman–Crippen LogP) is 0.918. The largest absolute Gasteiger partial charge is 0.393 e. The summed E-state index contributed by atoms with van der Waals surface area (Å²) < 4.78 is 0. The van der Waals surface area contributed by atoms with E-state index < -0.39 is 0 Å². The zero-order chi connectivity index (χ0) is 6.69. The average molecular weight is 166 g/mol. The Morgan fingerprint density at radius 2 is 1.70 bits per heavy atom. The van der Waals surface area contributed by atoms with Crippen LogP contribution in [0.3, 0.4) is 0 Å². The van der Waals surface area contributed by atoms with Gasteiger partial charge in [-0.2, -0.15) is 0 Å². The molecule has 1 rings (SSSR count). The Bertz CT molecular complexity index is 81.7. The number of aliphatic hydroxyl groups excluding tert-OH is 1. The van der Waals surface area contributed by atoms with Crippen molar-refractivity contribution in [3.05, 3.63) is 0 Å². The number of hydrogen-bond donors (Lipinski definition) is 2. The number of hydrogen-bond acceptors (Lipinski definition) is 2. The molecule has 0 aromatic rings. The van der Waals surface area contributed by atoms with Gasteiger partial charge < -0.3 is 10.8 Å². The second-order valence-electron chi connectivity index (χ2n) is 2.91. The lowest BCUT2D eigenvalue weighted by atomic mass is 9.88. The second-order valence-corrected chi connectivity index (χ2v) is 2.91. The lowest BCUT2D eigenvalue weighted by Crippen LogP contribution is -2.23. The van der Waals surface area contributed by atoms with Crippen LogP contribution >= 0.6 is 12.4 Å². The summed E-state index contributed by atoms with van der Waals surface area (Å²) in [7, 11) is 0. The van der Waals surface area contributed by atoms with Crippen molar-refractivity contribution in [3.63, 3.8) is 0 Å². The molecule has 3 N–H and O–H groups in total. The highest BCUT2D eigenvalue weighted by molar-refractivity contribution is 5.85. The highest BCUT2D eigenvalue weighted by Gasteiger charge is 2.17. The summed E-state index contributed by atoms with van der Waals surface area (Å²) in [4.78, 5) is 0. The van der Waals surface area contributed by atoms with Crippen LogP contribution in [-0.2, 0) is 0 Å². The normalized spacial score (nSPS) is 33.0. The van der Waals surface area contributed by atoms with Crippen molar-refractivity contribution in [2.45, 2.75) is 31.8 Å². The third kappa shape index (κ3) is 2.86. The van der Waals surface area contributed by atoms with Crippen molar-refractivity contribution in [3.8, 4) is 0 Å². The monoisotopic (exact) mass is 165 g/mol. The van der Waals surface area contributed by atoms with Crippen LogP contribution in [0.5, 0.6) is 0 Å². The molecule has 1 saturated carbocycles. The average Bonchev–Trinajstić information content (AvgIpc) is 1.90. The number of aliphatic hydroxyl groups is 1. The fourth-order valence-corrected chi connectivity index (χ4v) is 1.38. The Hall–Kier alpha value is 0.210. The van der Waals surface area contributed by atoms with E-state index in [-0.39, 0.29) is 18.5 Å². The first kappa shape index (κ1) is 10.2. The van der Waals surface area contributed by atoms with Gasteiger partial charge in [0.05, 0.1) is 6.10 Å². The van der Waals surface area contributed by atoms with Crippen molar-refractivity contribution in [1.82, 2.24) is 0 Å². The first-order valence-corrected chi connectivity index (χ1v) is 3.71. The molecule has 0 amide bonds. The standard InChI is InChI=1S/C7H15NO.ClH/c8-5-6-1-3-7(9)4-2-6;/h6-7,9H,1-5,8H2;1H. The van der Waals surface area contributed by atoms with E-state index in [0.717, 1.165) is 32.2 Å². The minimum absolute atomic E-state index is 0. The van der Waals surface area contributed by atoms with Crippen LogP contribution in [0.25, 0.3) is 0 Å². The van der Waals surface area contributed by atoms with Gasteiger partial charge in [0, 0.05) is 0 Å². The Balaban J connectivity index is 0.000000810. The quantitative estimate of drug-likeness (QED) is 0.607. The summed E-state index contributed by atoms with van der Waals surface area (Å²) in [6.45, 7) is 0.798. The molecule has 62 valence electrons. The van der Waals surface area contributed by atoms with E-state index in [2.05, 4.69) is 0 Å². The summed E-state index contributed by atoms with van der Waals surface area (Å²) in [6, 6.07) is 0. The summed E-state index contributed by atoms with van der Waals surface area (Å²) in [5.41, 5.74) is 5.47. The van der Waals surface area contributed by atoms with Crippen LogP contribution in [-0.4, -0.2) is 17.8 Å². The van der Waals surface area contributed by atoms with Crippen molar-refractivity contribution in [1.29, 1.82) is 0 Å². The van der Waals surface area contributed by atoms with Gasteiger partial charge in [0.1, 0.15) is 0 Å². The minimum atomic E-state index is -0.0344. The summed E-state index contributed by atoms with van der Waals surface area (Å²) in [5, 5.41) is 9.08. The molecule has 0 aliphatic heterocycles. The van der Waals surface area contributed by atoms with E-state index >= 15 is 0 Å². The molecule has 10 heavy (non-hydrogen) atoms. The summed E-state index contributed by atoms with van der Waals surface area (Å²) in [5.74, 6) is 0.688. The Morgan fingerprint density at radius 1 is 1.20 bits per heavy atom. The van der Waals surface area contributed by atoms with Crippen LogP contribution in [0.4, 0.5) is 0 Å². The fraction of sp³-hybridized carbons (Fsp3) is 1.00.